The Balaban J connectivity index is 2.73. The summed E-state index contributed by atoms with van der Waals surface area (Å²) in [7, 11) is 1.42. The predicted octanol–water partition coefficient (Wildman–Crippen LogP) is 3.30. The van der Waals surface area contributed by atoms with Gasteiger partial charge < -0.3 is 5.32 Å². The third-order valence-electron chi connectivity index (χ3n) is 2.27. The average molecular weight is 226 g/mol. The van der Waals surface area contributed by atoms with Crippen molar-refractivity contribution in [3.8, 4) is 0 Å². The Morgan fingerprint density at radius 2 is 1.88 bits per heavy atom. The van der Waals surface area contributed by atoms with Crippen LogP contribution in [0.3, 0.4) is 0 Å². The largest absolute Gasteiger partial charge is 0.419 e. The van der Waals surface area contributed by atoms with Crippen LogP contribution in [0.4, 0.5) is 19.0 Å². The van der Waals surface area contributed by atoms with E-state index in [0.29, 0.717) is 10.9 Å². The number of halogens is 3. The molecule has 84 valence electrons. The van der Waals surface area contributed by atoms with Gasteiger partial charge in [-0.1, -0.05) is 18.2 Å². The van der Waals surface area contributed by atoms with E-state index in [4.69, 9.17) is 0 Å². The van der Waals surface area contributed by atoms with Crippen LogP contribution in [-0.2, 0) is 6.18 Å². The average Bonchev–Trinajstić information content (AvgIpc) is 2.26. The highest BCUT2D eigenvalue weighted by molar-refractivity contribution is 5.81. The highest BCUT2D eigenvalue weighted by Gasteiger charge is 2.34. The maximum atomic E-state index is 12.7. The van der Waals surface area contributed by atoms with Crippen LogP contribution in [0.2, 0.25) is 0 Å². The van der Waals surface area contributed by atoms with E-state index in [1.165, 1.54) is 7.05 Å². The molecule has 0 aliphatic carbocycles. The normalized spacial score (nSPS) is 11.8. The number of nitrogens with one attached hydrogen (secondary N) is 1. The topological polar surface area (TPSA) is 24.9 Å². The Kier molecular flexibility index (Phi) is 2.46. The number of hydrogen-bond acceptors (Lipinski definition) is 2. The molecule has 0 atom stereocenters. The summed E-state index contributed by atoms with van der Waals surface area (Å²) < 4.78 is 38.0. The van der Waals surface area contributed by atoms with Gasteiger partial charge in [-0.2, -0.15) is 13.2 Å². The highest BCUT2D eigenvalue weighted by atomic mass is 19.4. The van der Waals surface area contributed by atoms with E-state index in [1.54, 1.807) is 24.3 Å². The molecule has 1 aromatic heterocycles. The van der Waals surface area contributed by atoms with Crippen molar-refractivity contribution in [2.75, 3.05) is 12.4 Å². The molecular weight excluding hydrogens is 217 g/mol. The molecule has 0 saturated carbocycles. The van der Waals surface area contributed by atoms with Crippen LogP contribution in [0, 0.1) is 0 Å². The zero-order valence-electron chi connectivity index (χ0n) is 8.47. The predicted molar refractivity (Wildman–Crippen MR) is 56.3 cm³/mol. The second-order valence-electron chi connectivity index (χ2n) is 3.32. The fraction of sp³-hybridized carbons (Fsp3) is 0.182. The SMILES string of the molecule is CNc1nc2ccccc2cc1C(F)(F)F. The number of hydrogen-bond donors (Lipinski definition) is 1. The minimum Gasteiger partial charge on any atom is -0.373 e. The van der Waals surface area contributed by atoms with Crippen LogP contribution >= 0.6 is 0 Å². The number of pyridine rings is 1. The summed E-state index contributed by atoms with van der Waals surface area (Å²) in [5.41, 5.74) is -0.200. The number of benzene rings is 1. The molecule has 0 amide bonds. The van der Waals surface area contributed by atoms with Crippen molar-refractivity contribution in [2.24, 2.45) is 0 Å². The van der Waals surface area contributed by atoms with Gasteiger partial charge in [0.15, 0.2) is 0 Å². The Hall–Kier alpha value is -1.78. The quantitative estimate of drug-likeness (QED) is 0.807. The minimum absolute atomic E-state index is 0.147. The molecule has 0 radical (unpaired) electrons. The fourth-order valence-electron chi connectivity index (χ4n) is 1.52. The molecule has 0 bridgehead atoms. The third-order valence-corrected chi connectivity index (χ3v) is 2.27. The van der Waals surface area contributed by atoms with Crippen molar-refractivity contribution in [3.63, 3.8) is 0 Å². The molecule has 16 heavy (non-hydrogen) atoms. The number of anilines is 1. The molecule has 2 nitrogen and oxygen atoms in total. The summed E-state index contributed by atoms with van der Waals surface area (Å²) in [6.07, 6.45) is -4.39. The molecule has 1 N–H and O–H groups in total. The zero-order chi connectivity index (χ0) is 11.8. The van der Waals surface area contributed by atoms with Gasteiger partial charge in [0, 0.05) is 12.4 Å². The summed E-state index contributed by atoms with van der Waals surface area (Å²) in [4.78, 5) is 3.93. The molecule has 2 rings (SSSR count). The molecule has 1 aromatic carbocycles. The summed E-state index contributed by atoms with van der Waals surface area (Å²) in [6.45, 7) is 0. The molecule has 0 unspecified atom stereocenters. The number of fused-ring (bicyclic) bond motifs is 1. The Bertz CT molecular complexity index is 520. The van der Waals surface area contributed by atoms with Gasteiger partial charge in [-0.15, -0.1) is 0 Å². The first kappa shape index (κ1) is 10.7. The Labute approximate surface area is 90.1 Å². The van der Waals surface area contributed by atoms with E-state index in [0.717, 1.165) is 6.07 Å². The van der Waals surface area contributed by atoms with E-state index in [-0.39, 0.29) is 5.82 Å². The molecule has 1 heterocycles. The van der Waals surface area contributed by atoms with Crippen LogP contribution in [0.5, 0.6) is 0 Å². The van der Waals surface area contributed by atoms with Crippen molar-refractivity contribution in [1.82, 2.24) is 4.98 Å². The number of aromatic nitrogens is 1. The molecule has 0 fully saturated rings. The highest BCUT2D eigenvalue weighted by Crippen LogP contribution is 2.35. The van der Waals surface area contributed by atoms with Crippen molar-refractivity contribution in [2.45, 2.75) is 6.18 Å². The number of rotatable bonds is 1. The molecule has 0 aliphatic heterocycles. The van der Waals surface area contributed by atoms with Gasteiger partial charge in [0.1, 0.15) is 5.82 Å². The minimum atomic E-state index is -4.39. The van der Waals surface area contributed by atoms with Crippen LogP contribution < -0.4 is 5.32 Å². The van der Waals surface area contributed by atoms with Crippen LogP contribution in [-0.4, -0.2) is 12.0 Å². The number of para-hydroxylation sites is 1. The van der Waals surface area contributed by atoms with E-state index in [9.17, 15) is 13.2 Å². The van der Waals surface area contributed by atoms with Gasteiger partial charge in [-0.25, -0.2) is 4.98 Å². The Morgan fingerprint density at radius 3 is 2.50 bits per heavy atom. The third kappa shape index (κ3) is 1.80. The smallest absolute Gasteiger partial charge is 0.373 e. The summed E-state index contributed by atoms with van der Waals surface area (Å²) in [6, 6.07) is 7.81. The Morgan fingerprint density at radius 1 is 1.19 bits per heavy atom. The molecule has 0 aliphatic rings. The summed E-state index contributed by atoms with van der Waals surface area (Å²) in [5, 5.41) is 2.94. The monoisotopic (exact) mass is 226 g/mol. The zero-order valence-corrected chi connectivity index (χ0v) is 8.47. The van der Waals surface area contributed by atoms with Gasteiger partial charge in [0.2, 0.25) is 0 Å². The van der Waals surface area contributed by atoms with E-state index in [2.05, 4.69) is 10.3 Å². The second-order valence-corrected chi connectivity index (χ2v) is 3.32. The maximum Gasteiger partial charge on any atom is 0.419 e. The molecule has 0 saturated heterocycles. The standard InChI is InChI=1S/C11H9F3N2/c1-15-10-8(11(12,13)14)6-7-4-2-3-5-9(7)16-10/h2-6H,1H3,(H,15,16). The van der Waals surface area contributed by atoms with Crippen molar-refractivity contribution in [3.05, 3.63) is 35.9 Å². The molecule has 2 aromatic rings. The molecule has 0 spiro atoms. The maximum absolute atomic E-state index is 12.7. The van der Waals surface area contributed by atoms with Gasteiger partial charge in [0.25, 0.3) is 0 Å². The first-order valence-corrected chi connectivity index (χ1v) is 4.67. The first-order chi connectivity index (χ1) is 7.52. The lowest BCUT2D eigenvalue weighted by atomic mass is 10.1. The van der Waals surface area contributed by atoms with Crippen molar-refractivity contribution in [1.29, 1.82) is 0 Å². The number of alkyl halides is 3. The lowest BCUT2D eigenvalue weighted by molar-refractivity contribution is -0.137. The van der Waals surface area contributed by atoms with Crippen LogP contribution in [0.1, 0.15) is 5.56 Å². The van der Waals surface area contributed by atoms with Crippen LogP contribution in [0.25, 0.3) is 10.9 Å². The molecule has 5 heteroatoms. The summed E-state index contributed by atoms with van der Waals surface area (Å²) in [5.74, 6) is -0.147. The molecular formula is C11H9F3N2. The fourth-order valence-corrected chi connectivity index (χ4v) is 1.52. The van der Waals surface area contributed by atoms with Gasteiger partial charge in [-0.3, -0.25) is 0 Å². The second kappa shape index (κ2) is 3.66. The lowest BCUT2D eigenvalue weighted by Gasteiger charge is -2.12. The van der Waals surface area contributed by atoms with E-state index in [1.807, 2.05) is 0 Å². The van der Waals surface area contributed by atoms with E-state index >= 15 is 0 Å². The van der Waals surface area contributed by atoms with Gasteiger partial charge in [0.05, 0.1) is 11.1 Å². The van der Waals surface area contributed by atoms with Crippen molar-refractivity contribution < 1.29 is 13.2 Å². The van der Waals surface area contributed by atoms with Gasteiger partial charge >= 0.3 is 6.18 Å². The first-order valence-electron chi connectivity index (χ1n) is 4.67. The van der Waals surface area contributed by atoms with Gasteiger partial charge in [-0.05, 0) is 12.1 Å². The summed E-state index contributed by atoms with van der Waals surface area (Å²) >= 11 is 0. The van der Waals surface area contributed by atoms with Crippen LogP contribution in [0.15, 0.2) is 30.3 Å². The van der Waals surface area contributed by atoms with Crippen molar-refractivity contribution >= 4 is 16.7 Å². The number of nitrogens with zero attached hydrogens (tertiary/aromatic N) is 1. The van der Waals surface area contributed by atoms with E-state index < -0.39 is 11.7 Å². The lowest BCUT2D eigenvalue weighted by Crippen LogP contribution is -2.10.